The molecule has 0 radical (unpaired) electrons. The van der Waals surface area contributed by atoms with E-state index < -0.39 is 0 Å². The first kappa shape index (κ1) is 15.0. The lowest BCUT2D eigenvalue weighted by atomic mass is 9.73. The van der Waals surface area contributed by atoms with Crippen LogP contribution in [0.3, 0.4) is 0 Å². The number of rotatable bonds is 5. The first-order chi connectivity index (χ1) is 10.3. The molecule has 2 atom stereocenters. The molecule has 2 heteroatoms. The van der Waals surface area contributed by atoms with Crippen molar-refractivity contribution in [2.24, 2.45) is 11.3 Å². The summed E-state index contributed by atoms with van der Waals surface area (Å²) in [6.45, 7) is 7.32. The predicted octanol–water partition coefficient (Wildman–Crippen LogP) is 4.12. The van der Waals surface area contributed by atoms with Crippen LogP contribution in [0.1, 0.15) is 57.8 Å². The van der Waals surface area contributed by atoms with E-state index in [-0.39, 0.29) is 11.3 Å². The predicted molar refractivity (Wildman–Crippen MR) is 87.2 cm³/mol. The van der Waals surface area contributed by atoms with E-state index in [1.807, 2.05) is 6.08 Å². The van der Waals surface area contributed by atoms with Crippen LogP contribution in [0.25, 0.3) is 0 Å². The highest BCUT2D eigenvalue weighted by Crippen LogP contribution is 2.50. The minimum atomic E-state index is -0.168. The molecule has 0 bridgehead atoms. The minimum absolute atomic E-state index is 0.168. The van der Waals surface area contributed by atoms with Crippen LogP contribution in [0.2, 0.25) is 0 Å². The zero-order valence-electron chi connectivity index (χ0n) is 13.3. The highest BCUT2D eigenvalue weighted by molar-refractivity contribution is 5.92. The summed E-state index contributed by atoms with van der Waals surface area (Å²) >= 11 is 0. The van der Waals surface area contributed by atoms with Gasteiger partial charge in [0.2, 0.25) is 0 Å². The van der Waals surface area contributed by atoms with Crippen LogP contribution in [0, 0.1) is 11.3 Å². The lowest BCUT2D eigenvalue weighted by Crippen LogP contribution is -2.38. The number of carbonyl (C=O) groups excluding carboxylic acids is 1. The van der Waals surface area contributed by atoms with Gasteiger partial charge in [0.05, 0.1) is 5.41 Å². The lowest BCUT2D eigenvalue weighted by Gasteiger charge is -2.31. The Morgan fingerprint density at radius 1 is 1.29 bits per heavy atom. The molecule has 0 aromatic rings. The molecule has 0 aromatic heterocycles. The molecule has 1 saturated heterocycles. The Bertz CT molecular complexity index is 433. The summed E-state index contributed by atoms with van der Waals surface area (Å²) in [6, 6.07) is 0. The number of Topliss-reactive ketones (excluding diaryl/α,β-unsaturated/α-hetero) is 1. The van der Waals surface area contributed by atoms with Gasteiger partial charge in [0.25, 0.3) is 0 Å². The maximum Gasteiger partial charge on any atom is 0.147 e. The SMILES string of the molecule is C=CCC1(C2=CCCC2)CCC(CN2CCCCC2)C1=O. The molecule has 0 aromatic carbocycles. The molecule has 2 aliphatic carbocycles. The molecule has 116 valence electrons. The van der Waals surface area contributed by atoms with Crippen molar-refractivity contribution in [3.63, 3.8) is 0 Å². The Hall–Kier alpha value is -0.890. The fraction of sp³-hybridized carbons (Fsp3) is 0.737. The van der Waals surface area contributed by atoms with Gasteiger partial charge in [-0.1, -0.05) is 24.1 Å². The number of nitrogens with zero attached hydrogens (tertiary/aromatic N) is 1. The maximum absolute atomic E-state index is 13.2. The Balaban J connectivity index is 1.71. The van der Waals surface area contributed by atoms with Crippen LogP contribution < -0.4 is 0 Å². The molecule has 3 aliphatic rings. The summed E-state index contributed by atoms with van der Waals surface area (Å²) < 4.78 is 0. The highest BCUT2D eigenvalue weighted by atomic mass is 16.1. The van der Waals surface area contributed by atoms with E-state index in [0.717, 1.165) is 38.6 Å². The van der Waals surface area contributed by atoms with Crippen molar-refractivity contribution in [3.05, 3.63) is 24.3 Å². The van der Waals surface area contributed by atoms with Crippen LogP contribution in [0.5, 0.6) is 0 Å². The van der Waals surface area contributed by atoms with Gasteiger partial charge in [0.1, 0.15) is 5.78 Å². The molecule has 2 fully saturated rings. The van der Waals surface area contributed by atoms with Gasteiger partial charge in [-0.3, -0.25) is 4.79 Å². The minimum Gasteiger partial charge on any atom is -0.303 e. The van der Waals surface area contributed by atoms with Crippen molar-refractivity contribution in [1.82, 2.24) is 4.90 Å². The van der Waals surface area contributed by atoms with E-state index in [1.54, 1.807) is 0 Å². The molecule has 2 nitrogen and oxygen atoms in total. The molecule has 0 amide bonds. The number of hydrogen-bond donors (Lipinski definition) is 0. The molecule has 3 rings (SSSR count). The Kier molecular flexibility index (Phi) is 4.63. The molecule has 1 aliphatic heterocycles. The van der Waals surface area contributed by atoms with Gasteiger partial charge < -0.3 is 4.90 Å². The zero-order valence-corrected chi connectivity index (χ0v) is 13.3. The third kappa shape index (κ3) is 2.88. The topological polar surface area (TPSA) is 20.3 Å². The normalized spacial score (nSPS) is 34.2. The largest absolute Gasteiger partial charge is 0.303 e. The van der Waals surface area contributed by atoms with Crippen LogP contribution >= 0.6 is 0 Å². The number of ketones is 1. The summed E-state index contributed by atoms with van der Waals surface area (Å²) in [5, 5.41) is 0. The maximum atomic E-state index is 13.2. The Morgan fingerprint density at radius 3 is 2.76 bits per heavy atom. The van der Waals surface area contributed by atoms with E-state index in [4.69, 9.17) is 0 Å². The molecule has 2 unspecified atom stereocenters. The van der Waals surface area contributed by atoms with Gasteiger partial charge in [-0.25, -0.2) is 0 Å². The van der Waals surface area contributed by atoms with Crippen molar-refractivity contribution < 1.29 is 4.79 Å². The quantitative estimate of drug-likeness (QED) is 0.709. The smallest absolute Gasteiger partial charge is 0.147 e. The fourth-order valence-corrected chi connectivity index (χ4v) is 4.70. The zero-order chi connectivity index (χ0) is 14.7. The second-order valence-electron chi connectivity index (χ2n) is 7.16. The number of hydrogen-bond acceptors (Lipinski definition) is 2. The summed E-state index contributed by atoms with van der Waals surface area (Å²) in [5.74, 6) is 0.797. The molecule has 0 N–H and O–H groups in total. The highest BCUT2D eigenvalue weighted by Gasteiger charge is 2.49. The summed E-state index contributed by atoms with van der Waals surface area (Å²) in [5.41, 5.74) is 1.27. The lowest BCUT2D eigenvalue weighted by molar-refractivity contribution is -0.127. The van der Waals surface area contributed by atoms with E-state index in [2.05, 4.69) is 17.6 Å². The van der Waals surface area contributed by atoms with Crippen LogP contribution in [0.15, 0.2) is 24.3 Å². The molecule has 1 saturated carbocycles. The van der Waals surface area contributed by atoms with Crippen molar-refractivity contribution in [3.8, 4) is 0 Å². The number of likely N-dealkylation sites (tertiary alicyclic amines) is 1. The fourth-order valence-electron chi connectivity index (χ4n) is 4.70. The number of piperidine rings is 1. The third-order valence-corrected chi connectivity index (χ3v) is 5.84. The second kappa shape index (κ2) is 6.48. The van der Waals surface area contributed by atoms with Gasteiger partial charge >= 0.3 is 0 Å². The van der Waals surface area contributed by atoms with Crippen molar-refractivity contribution in [1.29, 1.82) is 0 Å². The number of allylic oxidation sites excluding steroid dienone is 3. The van der Waals surface area contributed by atoms with Gasteiger partial charge in [-0.15, -0.1) is 6.58 Å². The van der Waals surface area contributed by atoms with Gasteiger partial charge in [-0.2, -0.15) is 0 Å². The van der Waals surface area contributed by atoms with E-state index in [1.165, 1.54) is 44.3 Å². The van der Waals surface area contributed by atoms with Gasteiger partial charge in [0.15, 0.2) is 0 Å². The summed E-state index contributed by atoms with van der Waals surface area (Å²) in [7, 11) is 0. The van der Waals surface area contributed by atoms with Crippen molar-refractivity contribution in [2.75, 3.05) is 19.6 Å². The monoisotopic (exact) mass is 287 g/mol. The number of carbonyl (C=O) groups is 1. The average molecular weight is 287 g/mol. The van der Waals surface area contributed by atoms with Crippen molar-refractivity contribution >= 4 is 5.78 Å². The summed E-state index contributed by atoms with van der Waals surface area (Å²) in [6.07, 6.45) is 14.8. The standard InChI is InChI=1S/C19H29NO/c1-2-11-19(17-8-4-5-9-17)12-10-16(18(19)21)15-20-13-6-3-7-14-20/h2,8,16H,1,3-7,9-15H2. The Labute approximate surface area is 129 Å². The van der Waals surface area contributed by atoms with Gasteiger partial charge in [0, 0.05) is 12.5 Å². The van der Waals surface area contributed by atoms with Crippen molar-refractivity contribution in [2.45, 2.75) is 57.8 Å². The van der Waals surface area contributed by atoms with Crippen LogP contribution in [-0.4, -0.2) is 30.3 Å². The molecular formula is C19H29NO. The first-order valence-corrected chi connectivity index (χ1v) is 8.83. The van der Waals surface area contributed by atoms with E-state index in [0.29, 0.717) is 5.78 Å². The molecular weight excluding hydrogens is 258 g/mol. The summed E-state index contributed by atoms with van der Waals surface area (Å²) in [4.78, 5) is 15.7. The molecule has 0 spiro atoms. The first-order valence-electron chi connectivity index (χ1n) is 8.83. The molecule has 21 heavy (non-hydrogen) atoms. The Morgan fingerprint density at radius 2 is 2.10 bits per heavy atom. The second-order valence-corrected chi connectivity index (χ2v) is 7.16. The van der Waals surface area contributed by atoms with Crippen LogP contribution in [-0.2, 0) is 4.79 Å². The van der Waals surface area contributed by atoms with E-state index >= 15 is 0 Å². The van der Waals surface area contributed by atoms with E-state index in [9.17, 15) is 4.79 Å². The molecule has 1 heterocycles. The van der Waals surface area contributed by atoms with Crippen LogP contribution in [0.4, 0.5) is 0 Å². The van der Waals surface area contributed by atoms with Gasteiger partial charge in [-0.05, 0) is 64.5 Å². The third-order valence-electron chi connectivity index (χ3n) is 5.84. The average Bonchev–Trinajstić information content (AvgIpc) is 3.13.